The van der Waals surface area contributed by atoms with Crippen LogP contribution in [0.1, 0.15) is 46.8 Å². The summed E-state index contributed by atoms with van der Waals surface area (Å²) < 4.78 is 0. The Balaban J connectivity index is 2.16. The molecule has 1 heterocycles. The Hall–Kier alpha value is -1.75. The molecule has 1 saturated heterocycles. The van der Waals surface area contributed by atoms with Crippen LogP contribution in [0.5, 0.6) is 0 Å². The van der Waals surface area contributed by atoms with Gasteiger partial charge in [0.05, 0.1) is 11.6 Å². The molecule has 1 aliphatic heterocycles. The molecule has 1 aromatic rings. The maximum atomic E-state index is 11.5. The predicted molar refractivity (Wildman–Crippen MR) is 89.8 cm³/mol. The number of aryl methyl sites for hydroxylation is 1. The molecule has 4 nitrogen and oxygen atoms in total. The summed E-state index contributed by atoms with van der Waals surface area (Å²) in [5.41, 5.74) is 3.29. The summed E-state index contributed by atoms with van der Waals surface area (Å²) in [4.78, 5) is 22.6. The average Bonchev–Trinajstić information content (AvgIpc) is 2.83. The standard InChI is InChI=1S/C17H21NO3S/c1-10(2)15-11(3)7-12(8-14(15)16(19)20)5-4-6-13-9-22-17(21)18-13/h4,6-8,10,13H,5,9H2,1-3H3,(H,18,21)(H,19,20)/b6-4+/t13-/m0/s1. The fourth-order valence-electron chi connectivity index (χ4n) is 2.81. The van der Waals surface area contributed by atoms with Gasteiger partial charge in [-0.05, 0) is 42.0 Å². The normalized spacial score (nSPS) is 18.2. The predicted octanol–water partition coefficient (Wildman–Crippen LogP) is 3.74. The summed E-state index contributed by atoms with van der Waals surface area (Å²) in [5, 5.41) is 12.3. The van der Waals surface area contributed by atoms with E-state index in [9.17, 15) is 14.7 Å². The van der Waals surface area contributed by atoms with Crippen LogP contribution in [0.4, 0.5) is 4.79 Å². The smallest absolute Gasteiger partial charge is 0.335 e. The number of allylic oxidation sites excluding steroid dienone is 1. The van der Waals surface area contributed by atoms with Gasteiger partial charge in [-0.2, -0.15) is 0 Å². The van der Waals surface area contributed by atoms with Crippen molar-refractivity contribution >= 4 is 23.0 Å². The van der Waals surface area contributed by atoms with E-state index in [-0.39, 0.29) is 17.2 Å². The zero-order valence-corrected chi connectivity index (χ0v) is 13.9. The van der Waals surface area contributed by atoms with Crippen LogP contribution in [-0.2, 0) is 6.42 Å². The molecule has 1 fully saturated rings. The van der Waals surface area contributed by atoms with E-state index in [1.54, 1.807) is 6.07 Å². The van der Waals surface area contributed by atoms with Gasteiger partial charge >= 0.3 is 5.97 Å². The fourth-order valence-corrected chi connectivity index (χ4v) is 3.57. The number of benzene rings is 1. The second kappa shape index (κ2) is 7.01. The number of rotatable bonds is 5. The first-order chi connectivity index (χ1) is 10.4. The van der Waals surface area contributed by atoms with Crippen LogP contribution in [-0.4, -0.2) is 28.1 Å². The van der Waals surface area contributed by atoms with E-state index in [1.165, 1.54) is 11.8 Å². The Morgan fingerprint density at radius 1 is 1.50 bits per heavy atom. The van der Waals surface area contributed by atoms with Crippen molar-refractivity contribution in [1.82, 2.24) is 5.32 Å². The molecule has 0 spiro atoms. The molecule has 1 aliphatic rings. The largest absolute Gasteiger partial charge is 0.478 e. The van der Waals surface area contributed by atoms with Crippen molar-refractivity contribution < 1.29 is 14.7 Å². The Morgan fingerprint density at radius 2 is 2.23 bits per heavy atom. The quantitative estimate of drug-likeness (QED) is 0.811. The van der Waals surface area contributed by atoms with E-state index in [4.69, 9.17) is 0 Å². The number of carboxylic acids is 1. The van der Waals surface area contributed by atoms with Crippen LogP contribution >= 0.6 is 11.8 Å². The number of nitrogens with one attached hydrogen (secondary N) is 1. The first-order valence-electron chi connectivity index (χ1n) is 7.35. The summed E-state index contributed by atoms with van der Waals surface area (Å²) in [6.07, 6.45) is 4.63. The maximum absolute atomic E-state index is 11.5. The zero-order chi connectivity index (χ0) is 16.3. The van der Waals surface area contributed by atoms with Crippen LogP contribution in [0.15, 0.2) is 24.3 Å². The van der Waals surface area contributed by atoms with E-state index in [2.05, 4.69) is 5.32 Å². The van der Waals surface area contributed by atoms with E-state index >= 15 is 0 Å². The van der Waals surface area contributed by atoms with Crippen LogP contribution in [0, 0.1) is 6.92 Å². The Morgan fingerprint density at radius 3 is 2.77 bits per heavy atom. The Bertz CT molecular complexity index is 623. The highest BCUT2D eigenvalue weighted by Gasteiger charge is 2.19. The van der Waals surface area contributed by atoms with E-state index in [0.29, 0.717) is 12.0 Å². The average molecular weight is 319 g/mol. The first-order valence-corrected chi connectivity index (χ1v) is 8.33. The van der Waals surface area contributed by atoms with Crippen LogP contribution < -0.4 is 5.32 Å². The Labute approximate surface area is 135 Å². The minimum atomic E-state index is -0.878. The fraction of sp³-hybridized carbons (Fsp3) is 0.412. The van der Waals surface area contributed by atoms with E-state index in [1.807, 2.05) is 39.0 Å². The number of carbonyl (C=O) groups excluding carboxylic acids is 1. The lowest BCUT2D eigenvalue weighted by atomic mass is 9.90. The number of carboxylic acid groups (broad SMARTS) is 1. The summed E-state index contributed by atoms with van der Waals surface area (Å²) in [6, 6.07) is 3.89. The molecular weight excluding hydrogens is 298 g/mol. The van der Waals surface area contributed by atoms with E-state index in [0.717, 1.165) is 22.4 Å². The lowest BCUT2D eigenvalue weighted by Crippen LogP contribution is -2.23. The summed E-state index contributed by atoms with van der Waals surface area (Å²) >= 11 is 1.29. The number of hydrogen-bond donors (Lipinski definition) is 2. The van der Waals surface area contributed by atoms with Gasteiger partial charge in [-0.1, -0.05) is 43.8 Å². The maximum Gasteiger partial charge on any atom is 0.335 e. The van der Waals surface area contributed by atoms with Crippen molar-refractivity contribution in [3.05, 3.63) is 46.5 Å². The van der Waals surface area contributed by atoms with Gasteiger partial charge in [-0.15, -0.1) is 0 Å². The van der Waals surface area contributed by atoms with Gasteiger partial charge in [0.2, 0.25) is 0 Å². The minimum absolute atomic E-state index is 0.0138. The third kappa shape index (κ3) is 3.91. The van der Waals surface area contributed by atoms with Crippen molar-refractivity contribution in [1.29, 1.82) is 0 Å². The molecule has 1 atom stereocenters. The van der Waals surface area contributed by atoms with Gasteiger partial charge in [0.1, 0.15) is 0 Å². The summed E-state index contributed by atoms with van der Waals surface area (Å²) in [7, 11) is 0. The summed E-state index contributed by atoms with van der Waals surface area (Å²) in [6.45, 7) is 5.98. The second-order valence-corrected chi connectivity index (χ2v) is 6.81. The second-order valence-electron chi connectivity index (χ2n) is 5.82. The molecular formula is C17H21NO3S. The third-order valence-electron chi connectivity index (χ3n) is 3.67. The minimum Gasteiger partial charge on any atom is -0.478 e. The van der Waals surface area contributed by atoms with Gasteiger partial charge in [0.25, 0.3) is 5.24 Å². The van der Waals surface area contributed by atoms with Crippen LogP contribution in [0.25, 0.3) is 0 Å². The molecule has 0 saturated carbocycles. The molecule has 1 amide bonds. The molecule has 0 unspecified atom stereocenters. The highest BCUT2D eigenvalue weighted by molar-refractivity contribution is 8.14. The first kappa shape index (κ1) is 16.6. The van der Waals surface area contributed by atoms with Crippen LogP contribution in [0.3, 0.4) is 0 Å². The van der Waals surface area contributed by atoms with Gasteiger partial charge in [-0.3, -0.25) is 4.79 Å². The number of aromatic carboxylic acids is 1. The monoisotopic (exact) mass is 319 g/mol. The molecule has 2 N–H and O–H groups in total. The molecule has 0 radical (unpaired) electrons. The zero-order valence-electron chi connectivity index (χ0n) is 13.1. The van der Waals surface area contributed by atoms with Gasteiger partial charge in [0, 0.05) is 5.75 Å². The van der Waals surface area contributed by atoms with Crippen LogP contribution in [0.2, 0.25) is 0 Å². The molecule has 22 heavy (non-hydrogen) atoms. The van der Waals surface area contributed by atoms with Gasteiger partial charge in [-0.25, -0.2) is 4.79 Å². The molecule has 0 aliphatic carbocycles. The van der Waals surface area contributed by atoms with Gasteiger partial charge < -0.3 is 10.4 Å². The van der Waals surface area contributed by atoms with Crippen molar-refractivity contribution in [3.63, 3.8) is 0 Å². The highest BCUT2D eigenvalue weighted by Crippen LogP contribution is 2.26. The van der Waals surface area contributed by atoms with E-state index < -0.39 is 5.97 Å². The number of carbonyl (C=O) groups is 2. The molecule has 1 aromatic carbocycles. The molecule has 2 rings (SSSR count). The van der Waals surface area contributed by atoms with Gasteiger partial charge in [0.15, 0.2) is 0 Å². The van der Waals surface area contributed by atoms with Crippen molar-refractivity contribution in [2.45, 2.75) is 39.2 Å². The highest BCUT2D eigenvalue weighted by atomic mass is 32.2. The SMILES string of the molecule is Cc1cc(C/C=C/[C@H]2CSC(=O)N2)cc(C(=O)O)c1C(C)C. The topological polar surface area (TPSA) is 66.4 Å². The lowest BCUT2D eigenvalue weighted by molar-refractivity contribution is 0.0695. The van der Waals surface area contributed by atoms with Crippen molar-refractivity contribution in [2.24, 2.45) is 0 Å². The Kier molecular flexibility index (Phi) is 5.29. The summed E-state index contributed by atoms with van der Waals surface area (Å²) in [5.74, 6) is 0.0552. The van der Waals surface area contributed by atoms with Crippen molar-refractivity contribution in [2.75, 3.05) is 5.75 Å². The number of hydrogen-bond acceptors (Lipinski definition) is 3. The number of amides is 1. The molecule has 118 valence electrons. The molecule has 5 heteroatoms. The molecule has 0 bridgehead atoms. The molecule has 0 aromatic heterocycles. The lowest BCUT2D eigenvalue weighted by Gasteiger charge is -2.15. The third-order valence-corrected chi connectivity index (χ3v) is 4.58. The van der Waals surface area contributed by atoms with Crippen molar-refractivity contribution in [3.8, 4) is 0 Å². The number of thioether (sulfide) groups is 1.